The van der Waals surface area contributed by atoms with E-state index in [-0.39, 0.29) is 44.4 Å². The standard InChI is InChI=1S/C75H120N10O23/c1-9-10-11-12-13-14-15-16-17-18-19-21-51-33-49(91)34-53(42(5)86)59(96)30-41(4)57(94)32-47(31-46-23-25-48(90)26-24-46)58(95)36-52(40(2)3)73(105)85-39-50(92)35-55(85)68(100)81-64(44(7)88)71(103)82-65(45(8)89)74(106)84-29-27-56(93)67(84)72(104)83-66(60(97)37-61(77)98)69(101)78-38-62(99)80-63(43(6)87)70(102)79-54(22-20-28-76)75(107)108-51/h23-26,40-45,47,50-56,60,63-67,86-90,92-93,97H,9-22,27-39,76H2,1-8H3,(H2,77,98)(H,78,101)(H,79,102)(H,80,99)(H,81,100)(H,82,103)(H,83,104)/t41-,42+,43+,44+,45+,47+,50+,51+,52-,53+,54-,55-,56-,60+,63+,64+,65-,66-,67-/m0/s1. The van der Waals surface area contributed by atoms with Gasteiger partial charge in [0.25, 0.3) is 0 Å². The Labute approximate surface area is 631 Å². The van der Waals surface area contributed by atoms with Crippen molar-refractivity contribution in [2.24, 2.45) is 41.1 Å². The van der Waals surface area contributed by atoms with Gasteiger partial charge in [-0.3, -0.25) is 62.3 Å². The van der Waals surface area contributed by atoms with Gasteiger partial charge in [-0.1, -0.05) is 104 Å². The molecule has 4 rings (SSSR count). The van der Waals surface area contributed by atoms with Crippen LogP contribution in [-0.4, -0.2) is 250 Å². The van der Waals surface area contributed by atoms with Crippen LogP contribution in [0.1, 0.15) is 202 Å². The van der Waals surface area contributed by atoms with Crippen LogP contribution in [0.15, 0.2) is 24.3 Å². The maximum absolute atomic E-state index is 14.9. The molecule has 3 saturated heterocycles. The molecule has 608 valence electrons. The number of phenolic OH excluding ortho intramolecular Hbond substituents is 1. The smallest absolute Gasteiger partial charge is 0.328 e. The van der Waals surface area contributed by atoms with Crippen LogP contribution in [0.2, 0.25) is 0 Å². The number of hydrogen-bond acceptors (Lipinski definition) is 24. The van der Waals surface area contributed by atoms with Crippen molar-refractivity contribution in [3.05, 3.63) is 29.8 Å². The first kappa shape index (κ1) is 92.5. The number of aliphatic hydroxyl groups is 7. The highest BCUT2D eigenvalue weighted by atomic mass is 16.5. The van der Waals surface area contributed by atoms with Crippen LogP contribution in [0.3, 0.4) is 0 Å². The number of cyclic esters (lactones) is 1. The molecule has 1 aromatic carbocycles. The number of hydrogen-bond donors (Lipinski definition) is 16. The topological polar surface area (TPSA) is 541 Å². The Morgan fingerprint density at radius 2 is 1.15 bits per heavy atom. The van der Waals surface area contributed by atoms with Gasteiger partial charge in [-0.2, -0.15) is 0 Å². The molecule has 0 saturated carbocycles. The van der Waals surface area contributed by atoms with Crippen molar-refractivity contribution in [1.82, 2.24) is 41.7 Å². The van der Waals surface area contributed by atoms with Crippen LogP contribution in [0.4, 0.5) is 0 Å². The molecule has 33 nitrogen and oxygen atoms in total. The van der Waals surface area contributed by atoms with E-state index in [1.165, 1.54) is 51.0 Å². The zero-order valence-electron chi connectivity index (χ0n) is 63.7. The molecular weight excluding hydrogens is 1410 g/mol. The van der Waals surface area contributed by atoms with Gasteiger partial charge in [0.15, 0.2) is 0 Å². The normalized spacial score (nSPS) is 28.4. The Bertz CT molecular complexity index is 3190. The molecule has 33 heteroatoms. The summed E-state index contributed by atoms with van der Waals surface area (Å²) in [5, 5.41) is 101. The van der Waals surface area contributed by atoms with Gasteiger partial charge >= 0.3 is 5.97 Å². The number of benzene rings is 1. The number of unbranched alkanes of at least 4 members (excludes halogenated alkanes) is 10. The summed E-state index contributed by atoms with van der Waals surface area (Å²) in [6.07, 6.45) is -6.74. The third-order valence-electron chi connectivity index (χ3n) is 20.3. The van der Waals surface area contributed by atoms with E-state index in [0.717, 1.165) is 70.6 Å². The molecule has 9 amide bonds. The van der Waals surface area contributed by atoms with E-state index in [1.807, 2.05) is 0 Å². The maximum Gasteiger partial charge on any atom is 0.328 e. The van der Waals surface area contributed by atoms with E-state index >= 15 is 0 Å². The molecule has 18 N–H and O–H groups in total. The third kappa shape index (κ3) is 29.5. The van der Waals surface area contributed by atoms with E-state index < -0.39 is 268 Å². The Morgan fingerprint density at radius 1 is 0.583 bits per heavy atom. The maximum atomic E-state index is 14.9. The van der Waals surface area contributed by atoms with Crippen molar-refractivity contribution in [1.29, 1.82) is 0 Å². The molecule has 0 aromatic heterocycles. The predicted octanol–water partition coefficient (Wildman–Crippen LogP) is -1.11. The highest BCUT2D eigenvalue weighted by Gasteiger charge is 2.48. The molecule has 0 aliphatic carbocycles. The van der Waals surface area contributed by atoms with Crippen molar-refractivity contribution in [2.45, 2.75) is 294 Å². The fourth-order valence-corrected chi connectivity index (χ4v) is 13.8. The predicted molar refractivity (Wildman–Crippen MR) is 390 cm³/mol. The number of amides is 9. The first-order chi connectivity index (χ1) is 50.9. The monoisotopic (exact) mass is 1530 g/mol. The lowest BCUT2D eigenvalue weighted by Crippen LogP contribution is -2.64. The minimum absolute atomic E-state index is 0.00635. The Morgan fingerprint density at radius 3 is 1.71 bits per heavy atom. The van der Waals surface area contributed by atoms with Gasteiger partial charge in [-0.25, -0.2) is 4.79 Å². The summed E-state index contributed by atoms with van der Waals surface area (Å²) in [5.74, 6) is -19.8. The Balaban J connectivity index is 1.80. The van der Waals surface area contributed by atoms with Gasteiger partial charge in [0.2, 0.25) is 53.2 Å². The summed E-state index contributed by atoms with van der Waals surface area (Å²) in [6, 6.07) is -7.34. The second-order valence-corrected chi connectivity index (χ2v) is 29.9. The van der Waals surface area contributed by atoms with Crippen molar-refractivity contribution < 1.29 is 113 Å². The number of fused-ring (bicyclic) bond motifs is 2. The number of rotatable bonds is 25. The number of ketones is 4. The highest BCUT2D eigenvalue weighted by molar-refractivity contribution is 6.00. The highest BCUT2D eigenvalue weighted by Crippen LogP contribution is 2.31. The number of aromatic hydroxyl groups is 1. The van der Waals surface area contributed by atoms with Gasteiger partial charge in [-0.05, 0) is 96.4 Å². The SMILES string of the molecule is CCCCCCCCCCCCC[C@@H]1CC(=O)C[C@H]([C@@H](C)O)C(=O)C[C@H](C)C(=O)C[C@@H](Cc2ccc(O)cc2)C(=O)C[C@@H](C(C)C)C(=O)N2C[C@H](O)C[C@H]2C(=O)N[C@H]([C@@H](C)O)C(=O)N[C@@H]([C@@H](C)O)C(=O)N2CC[C@H](O)[C@H]2C(=O)N[C@@H]([C@H](O)CC(N)=O)C(=O)NCC(=O)N[C@H]([C@@H](C)O)C(=O)N[C@@H](CCCN)C(=O)O1. The molecular formula is C75H120N10O23. The minimum Gasteiger partial charge on any atom is -0.508 e. The third-order valence-corrected chi connectivity index (χ3v) is 20.3. The molecule has 1 aromatic rings. The summed E-state index contributed by atoms with van der Waals surface area (Å²) in [6.45, 7) is 9.42. The summed E-state index contributed by atoms with van der Waals surface area (Å²) in [5.41, 5.74) is 11.7. The molecule has 0 unspecified atom stereocenters. The largest absolute Gasteiger partial charge is 0.508 e. The van der Waals surface area contributed by atoms with Crippen molar-refractivity contribution in [3.63, 3.8) is 0 Å². The van der Waals surface area contributed by atoms with E-state index in [2.05, 4.69) is 38.8 Å². The van der Waals surface area contributed by atoms with Gasteiger partial charge < -0.3 is 98.8 Å². The fourth-order valence-electron chi connectivity index (χ4n) is 13.8. The lowest BCUT2D eigenvalue weighted by Gasteiger charge is -2.33. The van der Waals surface area contributed by atoms with Gasteiger partial charge in [-0.15, -0.1) is 0 Å². The number of nitrogens with two attached hydrogens (primary N) is 2. The molecule has 0 radical (unpaired) electrons. The number of esters is 1. The summed E-state index contributed by atoms with van der Waals surface area (Å²) in [7, 11) is 0. The molecule has 108 heavy (non-hydrogen) atoms. The van der Waals surface area contributed by atoms with Crippen LogP contribution in [0.25, 0.3) is 0 Å². The van der Waals surface area contributed by atoms with Crippen LogP contribution in [-0.2, 0) is 78.3 Å². The molecule has 0 spiro atoms. The molecule has 3 fully saturated rings. The second kappa shape index (κ2) is 45.9. The zero-order chi connectivity index (χ0) is 80.8. The van der Waals surface area contributed by atoms with Crippen molar-refractivity contribution in [3.8, 4) is 5.75 Å². The van der Waals surface area contributed by atoms with E-state index in [0.29, 0.717) is 23.3 Å². The van der Waals surface area contributed by atoms with Crippen molar-refractivity contribution >= 4 is 82.3 Å². The van der Waals surface area contributed by atoms with Crippen molar-refractivity contribution in [2.75, 3.05) is 26.2 Å². The number of ether oxygens (including phenoxy) is 1. The Kier molecular flexibility index (Phi) is 39.3. The second-order valence-electron chi connectivity index (χ2n) is 29.9. The quantitative estimate of drug-likeness (QED) is 0.0408. The lowest BCUT2D eigenvalue weighted by molar-refractivity contribution is -0.155. The summed E-state index contributed by atoms with van der Waals surface area (Å²) >= 11 is 0. The average Bonchev–Trinajstić information content (AvgIpc) is 1.62. The minimum atomic E-state index is -2.21. The number of nitrogens with zero attached hydrogens (tertiary/aromatic N) is 2. The molecule has 19 atom stereocenters. The van der Waals surface area contributed by atoms with E-state index in [9.17, 15) is 108 Å². The first-order valence-corrected chi connectivity index (χ1v) is 38.1. The average molecular weight is 1530 g/mol. The molecule has 0 bridgehead atoms. The van der Waals surface area contributed by atoms with Gasteiger partial charge in [0.1, 0.15) is 77.3 Å². The zero-order valence-corrected chi connectivity index (χ0v) is 63.7. The van der Waals surface area contributed by atoms with Gasteiger partial charge in [0.05, 0.1) is 61.6 Å². The van der Waals surface area contributed by atoms with E-state index in [4.69, 9.17) is 16.2 Å². The Hall–Kier alpha value is -7.92. The van der Waals surface area contributed by atoms with Crippen LogP contribution in [0, 0.1) is 29.6 Å². The number of carbonyl (C=O) groups is 14. The fraction of sp³-hybridized carbons (Fsp3) is 0.733. The molecule has 3 aliphatic heterocycles. The van der Waals surface area contributed by atoms with E-state index in [1.54, 1.807) is 13.8 Å². The molecule has 3 heterocycles. The van der Waals surface area contributed by atoms with Crippen LogP contribution < -0.4 is 43.4 Å². The summed E-state index contributed by atoms with van der Waals surface area (Å²) in [4.78, 5) is 200. The van der Waals surface area contributed by atoms with Crippen LogP contribution in [0.5, 0.6) is 5.75 Å². The number of phenols is 1. The van der Waals surface area contributed by atoms with Crippen LogP contribution >= 0.6 is 0 Å². The summed E-state index contributed by atoms with van der Waals surface area (Å²) < 4.78 is 6.02. The van der Waals surface area contributed by atoms with Gasteiger partial charge in [0, 0.05) is 69.4 Å². The number of carbonyl (C=O) groups excluding carboxylic acids is 14. The number of aliphatic hydroxyl groups excluding tert-OH is 7. The number of primary amides is 1. The number of Topliss-reactive ketones (excluding diaryl/α,β-unsaturated/α-hetero) is 4. The lowest BCUT2D eigenvalue weighted by atomic mass is 9.80. The molecule has 3 aliphatic rings. The number of nitrogens with one attached hydrogen (secondary N) is 6. The first-order valence-electron chi connectivity index (χ1n) is 38.1.